The molecule has 1 aromatic heterocycles. The number of aromatic nitrogens is 1. The molecule has 3 aromatic rings. The van der Waals surface area contributed by atoms with Crippen LogP contribution in [-0.4, -0.2) is 43.5 Å². The van der Waals surface area contributed by atoms with E-state index in [1.165, 1.54) is 11.6 Å². The van der Waals surface area contributed by atoms with Gasteiger partial charge in [-0.15, -0.1) is 0 Å². The molecule has 2 heterocycles. The Morgan fingerprint density at radius 2 is 2.03 bits per heavy atom. The SMILES string of the molecule is C=N/N=C\c1c(-c2ccc(CN(C)C)cc2C)cnc(NCc2c(F)ccc3c2CCO3)c1C. The molecule has 0 amide bonds. The highest BCUT2D eigenvalue weighted by molar-refractivity contribution is 5.94. The van der Waals surface area contributed by atoms with Crippen LogP contribution in [0.3, 0.4) is 0 Å². The van der Waals surface area contributed by atoms with Crippen LogP contribution >= 0.6 is 0 Å². The third kappa shape index (κ3) is 4.84. The van der Waals surface area contributed by atoms with Crippen molar-refractivity contribution in [1.29, 1.82) is 0 Å². The van der Waals surface area contributed by atoms with Crippen molar-refractivity contribution in [1.82, 2.24) is 9.88 Å². The van der Waals surface area contributed by atoms with Gasteiger partial charge in [0.05, 0.1) is 12.8 Å². The van der Waals surface area contributed by atoms with Gasteiger partial charge in [-0.05, 0) is 56.8 Å². The first-order chi connectivity index (χ1) is 16.4. The van der Waals surface area contributed by atoms with Crippen molar-refractivity contribution in [2.45, 2.75) is 33.4 Å². The van der Waals surface area contributed by atoms with Gasteiger partial charge in [0.15, 0.2) is 0 Å². The fourth-order valence-corrected chi connectivity index (χ4v) is 4.45. The Bertz CT molecular complexity index is 1250. The van der Waals surface area contributed by atoms with Crippen molar-refractivity contribution in [2.75, 3.05) is 26.0 Å². The Kier molecular flexibility index (Phi) is 7.03. The molecule has 1 aliphatic rings. The summed E-state index contributed by atoms with van der Waals surface area (Å²) in [6.07, 6.45) is 4.25. The van der Waals surface area contributed by atoms with Gasteiger partial charge in [0, 0.05) is 60.2 Å². The molecule has 0 fully saturated rings. The zero-order valence-electron chi connectivity index (χ0n) is 20.2. The number of anilines is 1. The van der Waals surface area contributed by atoms with Crippen LogP contribution in [0.5, 0.6) is 5.75 Å². The van der Waals surface area contributed by atoms with E-state index in [1.54, 1.807) is 12.3 Å². The predicted molar refractivity (Wildman–Crippen MR) is 137 cm³/mol. The fraction of sp³-hybridized carbons (Fsp3) is 0.296. The Balaban J connectivity index is 1.68. The van der Waals surface area contributed by atoms with Crippen LogP contribution in [0.1, 0.15) is 33.4 Å². The fourth-order valence-electron chi connectivity index (χ4n) is 4.45. The van der Waals surface area contributed by atoms with Gasteiger partial charge in [0.1, 0.15) is 17.4 Å². The zero-order valence-corrected chi connectivity index (χ0v) is 20.2. The third-order valence-corrected chi connectivity index (χ3v) is 6.09. The van der Waals surface area contributed by atoms with Gasteiger partial charge >= 0.3 is 0 Å². The number of pyridine rings is 1. The van der Waals surface area contributed by atoms with Gasteiger partial charge in [-0.25, -0.2) is 9.37 Å². The van der Waals surface area contributed by atoms with Crippen LogP contribution in [0.2, 0.25) is 0 Å². The van der Waals surface area contributed by atoms with Crippen LogP contribution in [-0.2, 0) is 19.5 Å². The first kappa shape index (κ1) is 23.6. The molecule has 0 unspecified atom stereocenters. The van der Waals surface area contributed by atoms with E-state index in [-0.39, 0.29) is 5.82 Å². The Morgan fingerprint density at radius 1 is 1.21 bits per heavy atom. The molecule has 176 valence electrons. The second kappa shape index (κ2) is 10.1. The van der Waals surface area contributed by atoms with E-state index in [9.17, 15) is 4.39 Å². The number of nitrogens with one attached hydrogen (secondary N) is 1. The van der Waals surface area contributed by atoms with E-state index < -0.39 is 0 Å². The number of fused-ring (bicyclic) bond motifs is 1. The first-order valence-electron chi connectivity index (χ1n) is 11.3. The maximum absolute atomic E-state index is 14.6. The molecule has 6 nitrogen and oxygen atoms in total. The lowest BCUT2D eigenvalue weighted by molar-refractivity contribution is 0.356. The second-order valence-corrected chi connectivity index (χ2v) is 8.79. The number of nitrogens with zero attached hydrogens (tertiary/aromatic N) is 4. The van der Waals surface area contributed by atoms with Crippen LogP contribution in [0.25, 0.3) is 11.1 Å². The molecule has 2 aromatic carbocycles. The standard InChI is InChI=1S/C27H30FN5O/c1-17-12-19(16-33(4)5)6-7-20(17)23-13-30-27(18(2)22(23)15-32-29-3)31-14-24-21-10-11-34-26(21)9-8-25(24)28/h6-9,12-13,15H,3,10-11,14,16H2,1-2,4-5H3,(H,30,31)/b32-15-. The molecular weight excluding hydrogens is 429 g/mol. The molecule has 1 aliphatic heterocycles. The number of halogens is 1. The van der Waals surface area contributed by atoms with Crippen molar-refractivity contribution >= 4 is 18.7 Å². The number of rotatable bonds is 8. The van der Waals surface area contributed by atoms with E-state index in [2.05, 4.69) is 66.4 Å². The summed E-state index contributed by atoms with van der Waals surface area (Å²) in [4.78, 5) is 6.84. The molecule has 4 rings (SSSR count). The van der Waals surface area contributed by atoms with Crippen LogP contribution in [0.15, 0.2) is 46.7 Å². The van der Waals surface area contributed by atoms with Gasteiger partial charge in [0.25, 0.3) is 0 Å². The minimum atomic E-state index is -0.239. The molecule has 0 saturated carbocycles. The van der Waals surface area contributed by atoms with Crippen molar-refractivity contribution in [3.05, 3.63) is 75.7 Å². The van der Waals surface area contributed by atoms with Gasteiger partial charge in [-0.3, -0.25) is 0 Å². The summed E-state index contributed by atoms with van der Waals surface area (Å²) < 4.78 is 20.2. The molecule has 0 spiro atoms. The van der Waals surface area contributed by atoms with Gasteiger partial charge < -0.3 is 15.0 Å². The summed E-state index contributed by atoms with van der Waals surface area (Å²) in [5.41, 5.74) is 7.80. The number of ether oxygens (including phenoxy) is 1. The highest BCUT2D eigenvalue weighted by atomic mass is 19.1. The van der Waals surface area contributed by atoms with Gasteiger partial charge in [0.2, 0.25) is 0 Å². The minimum Gasteiger partial charge on any atom is -0.493 e. The van der Waals surface area contributed by atoms with Crippen LogP contribution in [0, 0.1) is 19.7 Å². The Hall–Kier alpha value is -3.58. The number of benzene rings is 2. The summed E-state index contributed by atoms with van der Waals surface area (Å²) in [6, 6.07) is 9.62. The molecule has 0 aliphatic carbocycles. The molecule has 0 atom stereocenters. The number of aryl methyl sites for hydroxylation is 1. The van der Waals surface area contributed by atoms with Crippen LogP contribution in [0.4, 0.5) is 10.2 Å². The minimum absolute atomic E-state index is 0.239. The zero-order chi connectivity index (χ0) is 24.2. The first-order valence-corrected chi connectivity index (χ1v) is 11.3. The Morgan fingerprint density at radius 3 is 2.76 bits per heavy atom. The lowest BCUT2D eigenvalue weighted by atomic mass is 9.94. The summed E-state index contributed by atoms with van der Waals surface area (Å²) in [7, 11) is 4.11. The van der Waals surface area contributed by atoms with E-state index in [4.69, 9.17) is 9.72 Å². The Labute approximate surface area is 200 Å². The number of hydrogen-bond donors (Lipinski definition) is 1. The molecule has 7 heteroatoms. The third-order valence-electron chi connectivity index (χ3n) is 6.09. The number of hydrogen-bond acceptors (Lipinski definition) is 6. The molecule has 0 radical (unpaired) electrons. The van der Waals surface area contributed by atoms with E-state index in [0.717, 1.165) is 45.7 Å². The largest absolute Gasteiger partial charge is 0.493 e. The normalized spacial score (nSPS) is 12.8. The second-order valence-electron chi connectivity index (χ2n) is 8.79. The highest BCUT2D eigenvalue weighted by Crippen LogP contribution is 2.33. The van der Waals surface area contributed by atoms with Crippen LogP contribution < -0.4 is 10.1 Å². The predicted octanol–water partition coefficient (Wildman–Crippen LogP) is 5.15. The summed E-state index contributed by atoms with van der Waals surface area (Å²) in [5, 5.41) is 11.0. The molecule has 1 N–H and O–H groups in total. The molecule has 0 bridgehead atoms. The maximum atomic E-state index is 14.6. The quantitative estimate of drug-likeness (QED) is 0.374. The average molecular weight is 460 g/mol. The lowest BCUT2D eigenvalue weighted by Crippen LogP contribution is -2.11. The smallest absolute Gasteiger partial charge is 0.129 e. The topological polar surface area (TPSA) is 62.1 Å². The summed E-state index contributed by atoms with van der Waals surface area (Å²) >= 11 is 0. The molecule has 34 heavy (non-hydrogen) atoms. The van der Waals surface area contributed by atoms with Crippen molar-refractivity contribution in [2.24, 2.45) is 10.2 Å². The monoisotopic (exact) mass is 459 g/mol. The highest BCUT2D eigenvalue weighted by Gasteiger charge is 2.20. The maximum Gasteiger partial charge on any atom is 0.129 e. The van der Waals surface area contributed by atoms with Crippen molar-refractivity contribution in [3.8, 4) is 16.9 Å². The van der Waals surface area contributed by atoms with Gasteiger partial charge in [-0.2, -0.15) is 10.2 Å². The lowest BCUT2D eigenvalue weighted by Gasteiger charge is -2.17. The van der Waals surface area contributed by atoms with E-state index >= 15 is 0 Å². The molecule has 0 saturated heterocycles. The van der Waals surface area contributed by atoms with E-state index in [1.807, 2.05) is 13.1 Å². The van der Waals surface area contributed by atoms with Crippen molar-refractivity contribution < 1.29 is 9.13 Å². The molecular formula is C27H30FN5O. The summed E-state index contributed by atoms with van der Waals surface area (Å²) in [6.45, 7) is 9.33. The van der Waals surface area contributed by atoms with Crippen molar-refractivity contribution in [3.63, 3.8) is 0 Å². The van der Waals surface area contributed by atoms with E-state index in [0.29, 0.717) is 31.0 Å². The summed E-state index contributed by atoms with van der Waals surface area (Å²) in [5.74, 6) is 1.19. The average Bonchev–Trinajstić information content (AvgIpc) is 3.27. The van der Waals surface area contributed by atoms with Gasteiger partial charge in [-0.1, -0.05) is 18.2 Å².